The van der Waals surface area contributed by atoms with Gasteiger partial charge in [0.25, 0.3) is 5.91 Å². The molecule has 7 heteroatoms. The smallest absolute Gasteiger partial charge is 0.308 e. The molecule has 0 aliphatic rings. The van der Waals surface area contributed by atoms with E-state index in [1.165, 1.54) is 11.3 Å². The van der Waals surface area contributed by atoms with E-state index in [1.807, 2.05) is 38.1 Å². The maximum absolute atomic E-state index is 12.1. The molecule has 0 aliphatic heterocycles. The van der Waals surface area contributed by atoms with Gasteiger partial charge in [-0.25, -0.2) is 0 Å². The monoisotopic (exact) mass is 420 g/mol. The summed E-state index contributed by atoms with van der Waals surface area (Å²) in [7, 11) is 0. The summed E-state index contributed by atoms with van der Waals surface area (Å²) in [6.45, 7) is 4.45. The maximum atomic E-state index is 12.1. The molecule has 0 radical (unpaired) electrons. The Morgan fingerprint density at radius 1 is 1.28 bits per heavy atom. The number of nitrogens with zero attached hydrogens (tertiary/aromatic N) is 1. The molecule has 130 valence electrons. The van der Waals surface area contributed by atoms with Gasteiger partial charge in [-0.3, -0.25) is 14.2 Å². The molecule has 1 heterocycles. The zero-order valence-corrected chi connectivity index (χ0v) is 16.2. The second-order valence-corrected chi connectivity index (χ2v) is 7.39. The molecule has 5 nitrogen and oxygen atoms in total. The van der Waals surface area contributed by atoms with E-state index in [1.54, 1.807) is 16.7 Å². The van der Waals surface area contributed by atoms with Crippen LogP contribution in [0.4, 0.5) is 5.69 Å². The largest absolute Gasteiger partial charge is 0.484 e. The summed E-state index contributed by atoms with van der Waals surface area (Å²) in [4.78, 5) is 24.0. The van der Waals surface area contributed by atoms with Gasteiger partial charge >= 0.3 is 4.87 Å². The minimum atomic E-state index is -0.248. The molecule has 0 saturated carbocycles. The highest BCUT2D eigenvalue weighted by Gasteiger charge is 2.09. The lowest BCUT2D eigenvalue weighted by Gasteiger charge is -2.09. The molecular formula is C18H17BrN2O3S. The number of carbonyl (C=O) groups excluding carboxylic acids is 1. The van der Waals surface area contributed by atoms with Gasteiger partial charge in [0.1, 0.15) is 5.75 Å². The first-order valence-electron chi connectivity index (χ1n) is 7.80. The molecule has 0 saturated heterocycles. The van der Waals surface area contributed by atoms with Crippen LogP contribution in [0.2, 0.25) is 0 Å². The van der Waals surface area contributed by atoms with Crippen molar-refractivity contribution >= 4 is 49.1 Å². The Balaban J connectivity index is 1.67. The van der Waals surface area contributed by atoms with Crippen LogP contribution >= 0.6 is 27.3 Å². The summed E-state index contributed by atoms with van der Waals surface area (Å²) in [5.74, 6) is 0.395. The molecule has 25 heavy (non-hydrogen) atoms. The van der Waals surface area contributed by atoms with E-state index in [2.05, 4.69) is 21.2 Å². The van der Waals surface area contributed by atoms with Crippen molar-refractivity contribution in [3.8, 4) is 5.75 Å². The van der Waals surface area contributed by atoms with Crippen LogP contribution in [0.1, 0.15) is 12.5 Å². The third-order valence-electron chi connectivity index (χ3n) is 3.77. The number of thiazole rings is 1. The first-order chi connectivity index (χ1) is 12.0. The van der Waals surface area contributed by atoms with E-state index in [0.29, 0.717) is 18.0 Å². The van der Waals surface area contributed by atoms with E-state index in [4.69, 9.17) is 4.74 Å². The summed E-state index contributed by atoms with van der Waals surface area (Å²) < 4.78 is 9.08. The van der Waals surface area contributed by atoms with E-state index in [0.717, 1.165) is 20.3 Å². The van der Waals surface area contributed by atoms with Crippen molar-refractivity contribution in [3.05, 3.63) is 56.1 Å². The fourth-order valence-corrected chi connectivity index (χ4v) is 3.74. The normalized spacial score (nSPS) is 10.8. The van der Waals surface area contributed by atoms with E-state index in [9.17, 15) is 9.59 Å². The average Bonchev–Trinajstić information content (AvgIpc) is 2.90. The number of amides is 1. The van der Waals surface area contributed by atoms with Gasteiger partial charge in [-0.05, 0) is 55.8 Å². The number of fused-ring (bicyclic) bond motifs is 1. The maximum Gasteiger partial charge on any atom is 0.308 e. The number of hydrogen-bond donors (Lipinski definition) is 1. The first-order valence-corrected chi connectivity index (χ1v) is 9.41. The van der Waals surface area contributed by atoms with Gasteiger partial charge in [0.15, 0.2) is 6.61 Å². The van der Waals surface area contributed by atoms with E-state index in [-0.39, 0.29) is 17.4 Å². The zero-order valence-electron chi connectivity index (χ0n) is 13.8. The van der Waals surface area contributed by atoms with Crippen molar-refractivity contribution in [3.63, 3.8) is 0 Å². The molecule has 0 atom stereocenters. The van der Waals surface area contributed by atoms with Crippen LogP contribution in [0.5, 0.6) is 5.75 Å². The average molecular weight is 421 g/mol. The van der Waals surface area contributed by atoms with Gasteiger partial charge in [0.2, 0.25) is 0 Å². The standard InChI is InChI=1S/C18H17BrN2O3S/c1-3-21-15-7-4-12(9-16(15)25-18(21)23)20-17(22)10-24-13-5-6-14(19)11(2)8-13/h4-9H,3,10H2,1-2H3,(H,20,22). The van der Waals surface area contributed by atoms with Gasteiger partial charge in [-0.1, -0.05) is 27.3 Å². The van der Waals surface area contributed by atoms with Gasteiger partial charge < -0.3 is 10.1 Å². The lowest BCUT2D eigenvalue weighted by atomic mass is 10.2. The SMILES string of the molecule is CCn1c(=O)sc2cc(NC(=O)COc3ccc(Br)c(C)c3)ccc21. The minimum Gasteiger partial charge on any atom is -0.484 e. The molecule has 3 aromatic rings. The topological polar surface area (TPSA) is 60.3 Å². The molecule has 0 spiro atoms. The second kappa shape index (κ2) is 7.41. The second-order valence-electron chi connectivity index (χ2n) is 5.54. The molecule has 1 amide bonds. The summed E-state index contributed by atoms with van der Waals surface area (Å²) in [5.41, 5.74) is 2.58. The molecule has 0 fully saturated rings. The number of hydrogen-bond acceptors (Lipinski definition) is 4. The highest BCUT2D eigenvalue weighted by atomic mass is 79.9. The highest BCUT2D eigenvalue weighted by Crippen LogP contribution is 2.23. The Bertz CT molecular complexity index is 994. The van der Waals surface area contributed by atoms with Crippen molar-refractivity contribution in [1.29, 1.82) is 0 Å². The lowest BCUT2D eigenvalue weighted by molar-refractivity contribution is -0.118. The Morgan fingerprint density at radius 2 is 2.08 bits per heavy atom. The van der Waals surface area contributed by atoms with E-state index >= 15 is 0 Å². The van der Waals surface area contributed by atoms with Crippen LogP contribution in [-0.2, 0) is 11.3 Å². The lowest BCUT2D eigenvalue weighted by Crippen LogP contribution is -2.20. The molecule has 1 N–H and O–H groups in total. The predicted molar refractivity (Wildman–Crippen MR) is 105 cm³/mol. The molecule has 0 aliphatic carbocycles. The Hall–Kier alpha value is -2.12. The van der Waals surface area contributed by atoms with Crippen LogP contribution in [0.3, 0.4) is 0 Å². The highest BCUT2D eigenvalue weighted by molar-refractivity contribution is 9.10. The number of aromatic nitrogens is 1. The summed E-state index contributed by atoms with van der Waals surface area (Å²) >= 11 is 4.61. The van der Waals surface area contributed by atoms with Crippen LogP contribution in [0, 0.1) is 6.92 Å². The van der Waals surface area contributed by atoms with Crippen LogP contribution in [0.25, 0.3) is 10.2 Å². The minimum absolute atomic E-state index is 0.00918. The van der Waals surface area contributed by atoms with Crippen molar-refractivity contribution in [1.82, 2.24) is 4.57 Å². The molecule has 1 aromatic heterocycles. The molecular weight excluding hydrogens is 404 g/mol. The predicted octanol–water partition coefficient (Wildman–Crippen LogP) is 4.17. The quantitative estimate of drug-likeness (QED) is 0.673. The van der Waals surface area contributed by atoms with Gasteiger partial charge in [-0.15, -0.1) is 0 Å². The molecule has 0 bridgehead atoms. The number of carbonyl (C=O) groups is 1. The number of anilines is 1. The molecule has 3 rings (SSSR count). The van der Waals surface area contributed by atoms with Crippen molar-refractivity contribution in [2.24, 2.45) is 0 Å². The van der Waals surface area contributed by atoms with Gasteiger partial charge in [0, 0.05) is 16.7 Å². The fraction of sp³-hybridized carbons (Fsp3) is 0.222. The number of aryl methyl sites for hydroxylation is 2. The van der Waals surface area contributed by atoms with Crippen molar-refractivity contribution < 1.29 is 9.53 Å². The zero-order chi connectivity index (χ0) is 18.0. The summed E-state index contributed by atoms with van der Waals surface area (Å²) in [6, 6.07) is 11.0. The van der Waals surface area contributed by atoms with E-state index < -0.39 is 0 Å². The molecule has 2 aromatic carbocycles. The van der Waals surface area contributed by atoms with Crippen LogP contribution in [0.15, 0.2) is 45.7 Å². The van der Waals surface area contributed by atoms with Gasteiger partial charge in [-0.2, -0.15) is 0 Å². The van der Waals surface area contributed by atoms with Crippen molar-refractivity contribution in [2.75, 3.05) is 11.9 Å². The number of benzene rings is 2. The van der Waals surface area contributed by atoms with Gasteiger partial charge in [0.05, 0.1) is 10.2 Å². The van der Waals surface area contributed by atoms with Crippen LogP contribution < -0.4 is 14.9 Å². The Kier molecular flexibility index (Phi) is 5.24. The first kappa shape index (κ1) is 17.7. The number of ether oxygens (including phenoxy) is 1. The van der Waals surface area contributed by atoms with Crippen molar-refractivity contribution in [2.45, 2.75) is 20.4 Å². The third-order valence-corrected chi connectivity index (χ3v) is 5.60. The summed E-state index contributed by atoms with van der Waals surface area (Å²) in [5, 5.41) is 2.80. The Morgan fingerprint density at radius 3 is 2.80 bits per heavy atom. The Labute approximate surface area is 157 Å². The third kappa shape index (κ3) is 3.93. The fourth-order valence-electron chi connectivity index (χ4n) is 2.50. The molecule has 0 unspecified atom stereocenters. The number of nitrogens with one attached hydrogen (secondary N) is 1. The summed E-state index contributed by atoms with van der Waals surface area (Å²) in [6.07, 6.45) is 0. The number of halogens is 1. The van der Waals surface area contributed by atoms with Crippen LogP contribution in [-0.4, -0.2) is 17.1 Å². The number of rotatable bonds is 5.